The predicted molar refractivity (Wildman–Crippen MR) is 70.1 cm³/mol. The fourth-order valence-corrected chi connectivity index (χ4v) is 1.84. The van der Waals surface area contributed by atoms with E-state index in [1.165, 1.54) is 18.2 Å². The molecule has 94 valence electrons. The lowest BCUT2D eigenvalue weighted by molar-refractivity contribution is 0.0995. The zero-order valence-corrected chi connectivity index (χ0v) is 11.3. The lowest BCUT2D eigenvalue weighted by Gasteiger charge is -2.04. The third-order valence-corrected chi connectivity index (χ3v) is 3.02. The number of anilines is 1. The quantitative estimate of drug-likeness (QED) is 0.931. The standard InChI is InChI=1S/C13H11BrFNO2/c1-2-9-4-6-12(18-9)13(17)16-8-3-5-11(15)10(14)7-8/h3-7H,2H2,1H3,(H,16,17). The summed E-state index contributed by atoms with van der Waals surface area (Å²) in [4.78, 5) is 11.8. The van der Waals surface area contributed by atoms with Crippen LogP contribution in [0.1, 0.15) is 23.2 Å². The summed E-state index contributed by atoms with van der Waals surface area (Å²) in [5.41, 5.74) is 0.503. The molecule has 1 amide bonds. The fraction of sp³-hybridized carbons (Fsp3) is 0.154. The zero-order chi connectivity index (χ0) is 13.1. The summed E-state index contributed by atoms with van der Waals surface area (Å²) in [5, 5.41) is 2.63. The molecule has 0 saturated heterocycles. The van der Waals surface area contributed by atoms with Crippen molar-refractivity contribution in [2.45, 2.75) is 13.3 Å². The largest absolute Gasteiger partial charge is 0.456 e. The van der Waals surface area contributed by atoms with Gasteiger partial charge in [0.2, 0.25) is 0 Å². The highest BCUT2D eigenvalue weighted by Crippen LogP contribution is 2.20. The Morgan fingerprint density at radius 2 is 2.17 bits per heavy atom. The van der Waals surface area contributed by atoms with Gasteiger partial charge in [-0.3, -0.25) is 4.79 Å². The number of furan rings is 1. The van der Waals surface area contributed by atoms with Gasteiger partial charge < -0.3 is 9.73 Å². The molecule has 0 bridgehead atoms. The first-order valence-electron chi connectivity index (χ1n) is 5.45. The highest BCUT2D eigenvalue weighted by Gasteiger charge is 2.11. The van der Waals surface area contributed by atoms with Crippen LogP contribution < -0.4 is 5.32 Å². The Labute approximate surface area is 112 Å². The van der Waals surface area contributed by atoms with Crippen LogP contribution in [0.5, 0.6) is 0 Å². The number of halogens is 2. The number of aryl methyl sites for hydroxylation is 1. The van der Waals surface area contributed by atoms with Crippen molar-refractivity contribution in [1.29, 1.82) is 0 Å². The molecule has 0 saturated carbocycles. The topological polar surface area (TPSA) is 42.2 Å². The highest BCUT2D eigenvalue weighted by molar-refractivity contribution is 9.10. The summed E-state index contributed by atoms with van der Waals surface area (Å²) < 4.78 is 18.7. The first kappa shape index (κ1) is 12.8. The minimum atomic E-state index is -0.376. The van der Waals surface area contributed by atoms with E-state index < -0.39 is 0 Å². The molecule has 1 heterocycles. The Kier molecular flexibility index (Phi) is 3.81. The number of hydrogen-bond acceptors (Lipinski definition) is 2. The Morgan fingerprint density at radius 1 is 1.39 bits per heavy atom. The maximum absolute atomic E-state index is 13.0. The van der Waals surface area contributed by atoms with Crippen molar-refractivity contribution in [3.05, 3.63) is 52.1 Å². The van der Waals surface area contributed by atoms with Crippen molar-refractivity contribution in [1.82, 2.24) is 0 Å². The van der Waals surface area contributed by atoms with E-state index in [2.05, 4.69) is 21.2 Å². The molecule has 2 aromatic rings. The van der Waals surface area contributed by atoms with Gasteiger partial charge in [0.15, 0.2) is 5.76 Å². The van der Waals surface area contributed by atoms with Crippen molar-refractivity contribution in [2.75, 3.05) is 5.32 Å². The summed E-state index contributed by atoms with van der Waals surface area (Å²) in [5.74, 6) is 0.264. The molecule has 0 spiro atoms. The van der Waals surface area contributed by atoms with Gasteiger partial charge in [0.25, 0.3) is 5.91 Å². The summed E-state index contributed by atoms with van der Waals surface area (Å²) in [6, 6.07) is 7.64. The van der Waals surface area contributed by atoms with E-state index in [1.807, 2.05) is 6.92 Å². The average Bonchev–Trinajstić information content (AvgIpc) is 2.82. The lowest BCUT2D eigenvalue weighted by Crippen LogP contribution is -2.10. The van der Waals surface area contributed by atoms with Gasteiger partial charge in [-0.05, 0) is 46.3 Å². The Balaban J connectivity index is 2.13. The van der Waals surface area contributed by atoms with Crippen molar-refractivity contribution >= 4 is 27.5 Å². The van der Waals surface area contributed by atoms with E-state index in [4.69, 9.17) is 4.42 Å². The van der Waals surface area contributed by atoms with Gasteiger partial charge in [0.05, 0.1) is 4.47 Å². The van der Waals surface area contributed by atoms with Crippen LogP contribution in [-0.4, -0.2) is 5.91 Å². The number of amides is 1. The summed E-state index contributed by atoms with van der Waals surface area (Å²) in [6.07, 6.45) is 0.732. The van der Waals surface area contributed by atoms with Crippen molar-refractivity contribution in [2.24, 2.45) is 0 Å². The second-order valence-corrected chi connectivity index (χ2v) is 4.56. The molecule has 0 aliphatic carbocycles. The van der Waals surface area contributed by atoms with Gasteiger partial charge in [-0.15, -0.1) is 0 Å². The Bertz CT molecular complexity index is 580. The minimum Gasteiger partial charge on any atom is -0.456 e. The number of benzene rings is 1. The molecule has 1 aromatic carbocycles. The first-order valence-corrected chi connectivity index (χ1v) is 6.24. The number of carbonyl (C=O) groups is 1. The maximum Gasteiger partial charge on any atom is 0.291 e. The molecule has 0 radical (unpaired) electrons. The summed E-state index contributed by atoms with van der Waals surface area (Å²) >= 11 is 3.06. The van der Waals surface area contributed by atoms with Crippen LogP contribution in [0, 0.1) is 5.82 Å². The molecular formula is C13H11BrFNO2. The summed E-state index contributed by atoms with van der Waals surface area (Å²) in [6.45, 7) is 1.94. The molecule has 0 unspecified atom stereocenters. The third-order valence-electron chi connectivity index (χ3n) is 2.41. The van der Waals surface area contributed by atoms with Crippen molar-refractivity contribution in [3.63, 3.8) is 0 Å². The predicted octanol–water partition coefficient (Wildman–Crippen LogP) is 4.00. The normalized spacial score (nSPS) is 10.4. The molecule has 2 rings (SSSR count). The highest BCUT2D eigenvalue weighted by atomic mass is 79.9. The van der Waals surface area contributed by atoms with Crippen LogP contribution in [-0.2, 0) is 6.42 Å². The second kappa shape index (κ2) is 5.35. The van der Waals surface area contributed by atoms with Gasteiger partial charge in [-0.1, -0.05) is 6.92 Å². The molecule has 1 N–H and O–H groups in total. The number of carbonyl (C=O) groups excluding carboxylic acids is 1. The molecule has 1 aromatic heterocycles. The lowest BCUT2D eigenvalue weighted by atomic mass is 10.3. The van der Waals surface area contributed by atoms with Crippen LogP contribution in [0.15, 0.2) is 39.2 Å². The molecule has 0 aliphatic heterocycles. The van der Waals surface area contributed by atoms with Gasteiger partial charge in [-0.2, -0.15) is 0 Å². The average molecular weight is 312 g/mol. The van der Waals surface area contributed by atoms with E-state index in [-0.39, 0.29) is 17.5 Å². The van der Waals surface area contributed by atoms with Gasteiger partial charge >= 0.3 is 0 Å². The van der Waals surface area contributed by atoms with E-state index >= 15 is 0 Å². The first-order chi connectivity index (χ1) is 8.60. The van der Waals surface area contributed by atoms with Crippen LogP contribution >= 0.6 is 15.9 Å². The number of nitrogens with one attached hydrogen (secondary N) is 1. The van der Waals surface area contributed by atoms with Gasteiger partial charge in [-0.25, -0.2) is 4.39 Å². The monoisotopic (exact) mass is 311 g/mol. The summed E-state index contributed by atoms with van der Waals surface area (Å²) in [7, 11) is 0. The SMILES string of the molecule is CCc1ccc(C(=O)Nc2ccc(F)c(Br)c2)o1. The maximum atomic E-state index is 13.0. The molecule has 3 nitrogen and oxygen atoms in total. The van der Waals surface area contributed by atoms with Gasteiger partial charge in [0.1, 0.15) is 11.6 Å². The third kappa shape index (κ3) is 2.79. The minimum absolute atomic E-state index is 0.243. The number of rotatable bonds is 3. The zero-order valence-electron chi connectivity index (χ0n) is 9.67. The van der Waals surface area contributed by atoms with Crippen molar-refractivity contribution < 1.29 is 13.6 Å². The molecule has 0 fully saturated rings. The van der Waals surface area contributed by atoms with E-state index in [0.29, 0.717) is 10.2 Å². The fourth-order valence-electron chi connectivity index (χ4n) is 1.46. The Morgan fingerprint density at radius 3 is 2.78 bits per heavy atom. The molecule has 0 aliphatic rings. The van der Waals surface area contributed by atoms with Gasteiger partial charge in [0, 0.05) is 12.1 Å². The molecule has 18 heavy (non-hydrogen) atoms. The molecular weight excluding hydrogens is 301 g/mol. The van der Waals surface area contributed by atoms with Crippen LogP contribution in [0.25, 0.3) is 0 Å². The van der Waals surface area contributed by atoms with E-state index in [1.54, 1.807) is 12.1 Å². The number of hydrogen-bond donors (Lipinski definition) is 1. The van der Waals surface area contributed by atoms with Crippen LogP contribution in [0.4, 0.5) is 10.1 Å². The van der Waals surface area contributed by atoms with Crippen LogP contribution in [0.2, 0.25) is 0 Å². The second-order valence-electron chi connectivity index (χ2n) is 3.70. The molecule has 0 atom stereocenters. The van der Waals surface area contributed by atoms with E-state index in [9.17, 15) is 9.18 Å². The molecule has 5 heteroatoms. The van der Waals surface area contributed by atoms with Crippen molar-refractivity contribution in [3.8, 4) is 0 Å². The van der Waals surface area contributed by atoms with Crippen LogP contribution in [0.3, 0.4) is 0 Å². The smallest absolute Gasteiger partial charge is 0.291 e. The Hall–Kier alpha value is -1.62. The van der Waals surface area contributed by atoms with E-state index in [0.717, 1.165) is 12.2 Å².